The number of rotatable bonds is 9. The molecular formula is C27H32F3NO5. The summed E-state index contributed by atoms with van der Waals surface area (Å²) in [5.74, 6) is -5.67. The van der Waals surface area contributed by atoms with Gasteiger partial charge in [-0.2, -0.15) is 4.39 Å². The smallest absolute Gasteiger partial charge is 0.311 e. The zero-order valence-electron chi connectivity index (χ0n) is 21.0. The van der Waals surface area contributed by atoms with Gasteiger partial charge in [-0.15, -0.1) is 0 Å². The van der Waals surface area contributed by atoms with Crippen molar-refractivity contribution in [2.75, 3.05) is 20.8 Å². The average Bonchev–Trinajstić information content (AvgIpc) is 2.90. The molecule has 0 saturated heterocycles. The van der Waals surface area contributed by atoms with E-state index >= 15 is 0 Å². The van der Waals surface area contributed by atoms with Gasteiger partial charge in [-0.05, 0) is 61.3 Å². The Labute approximate surface area is 209 Å². The van der Waals surface area contributed by atoms with E-state index in [1.807, 2.05) is 13.8 Å². The highest BCUT2D eigenvalue weighted by atomic mass is 19.2. The van der Waals surface area contributed by atoms with Gasteiger partial charge in [0.15, 0.2) is 17.4 Å². The molecule has 0 atom stereocenters. The maximum atomic E-state index is 14.7. The molecule has 3 rings (SSSR count). The first-order valence-electron chi connectivity index (χ1n) is 11.9. The predicted molar refractivity (Wildman–Crippen MR) is 127 cm³/mol. The first-order valence-corrected chi connectivity index (χ1v) is 11.9. The molecular weight excluding hydrogens is 475 g/mol. The summed E-state index contributed by atoms with van der Waals surface area (Å²) in [6, 6.07) is 7.25. The lowest BCUT2D eigenvalue weighted by molar-refractivity contribution is -0.156. The van der Waals surface area contributed by atoms with Crippen molar-refractivity contribution in [3.8, 4) is 11.5 Å². The van der Waals surface area contributed by atoms with Crippen molar-refractivity contribution in [3.05, 3.63) is 58.9 Å². The second kappa shape index (κ2) is 11.2. The van der Waals surface area contributed by atoms with Crippen LogP contribution < -0.4 is 14.8 Å². The molecule has 0 heterocycles. The molecule has 0 unspecified atom stereocenters. The maximum absolute atomic E-state index is 14.7. The number of amides is 1. The zero-order chi connectivity index (χ0) is 26.5. The summed E-state index contributed by atoms with van der Waals surface area (Å²) in [6.07, 6.45) is 3.12. The Kier molecular flexibility index (Phi) is 8.53. The minimum absolute atomic E-state index is 0.172. The van der Waals surface area contributed by atoms with Crippen LogP contribution in [0.3, 0.4) is 0 Å². The van der Waals surface area contributed by atoms with E-state index in [4.69, 9.17) is 14.2 Å². The van der Waals surface area contributed by atoms with Crippen LogP contribution >= 0.6 is 0 Å². The van der Waals surface area contributed by atoms with E-state index < -0.39 is 40.1 Å². The molecule has 2 aromatic rings. The third-order valence-corrected chi connectivity index (χ3v) is 7.29. The number of benzene rings is 2. The lowest BCUT2D eigenvalue weighted by Crippen LogP contribution is -2.44. The third-order valence-electron chi connectivity index (χ3n) is 7.29. The summed E-state index contributed by atoms with van der Waals surface area (Å²) >= 11 is 0. The molecule has 1 aliphatic rings. The molecule has 1 amide bonds. The van der Waals surface area contributed by atoms with Crippen molar-refractivity contribution >= 4 is 11.9 Å². The van der Waals surface area contributed by atoms with E-state index in [9.17, 15) is 22.8 Å². The molecule has 9 heteroatoms. The Morgan fingerprint density at radius 3 is 2.19 bits per heavy atom. The second-order valence-electron chi connectivity index (χ2n) is 9.62. The monoisotopic (exact) mass is 507 g/mol. The highest BCUT2D eigenvalue weighted by Gasteiger charge is 2.45. The summed E-state index contributed by atoms with van der Waals surface area (Å²) in [4.78, 5) is 24.9. The van der Waals surface area contributed by atoms with Crippen LogP contribution in [0.4, 0.5) is 13.2 Å². The highest BCUT2D eigenvalue weighted by Crippen LogP contribution is 2.47. The number of ether oxygens (including phenoxy) is 3. The van der Waals surface area contributed by atoms with Gasteiger partial charge in [0.25, 0.3) is 5.91 Å². The Hall–Kier alpha value is -3.23. The lowest BCUT2D eigenvalue weighted by Gasteiger charge is -2.43. The molecule has 196 valence electrons. The van der Waals surface area contributed by atoms with Crippen molar-refractivity contribution < 1.29 is 37.0 Å². The summed E-state index contributed by atoms with van der Waals surface area (Å²) in [7, 11) is 2.88. The quantitative estimate of drug-likeness (QED) is 0.355. The van der Waals surface area contributed by atoms with Gasteiger partial charge in [-0.3, -0.25) is 9.59 Å². The van der Waals surface area contributed by atoms with Gasteiger partial charge < -0.3 is 19.5 Å². The fraction of sp³-hybridized carbons (Fsp3) is 0.481. The second-order valence-corrected chi connectivity index (χ2v) is 9.62. The molecule has 0 spiro atoms. The first kappa shape index (κ1) is 27.4. The number of methoxy groups -OCH3 is 2. The Bertz CT molecular complexity index is 1100. The minimum atomic E-state index is -1.57. The van der Waals surface area contributed by atoms with Gasteiger partial charge in [0.1, 0.15) is 12.4 Å². The van der Waals surface area contributed by atoms with Gasteiger partial charge in [0.2, 0.25) is 5.82 Å². The summed E-state index contributed by atoms with van der Waals surface area (Å²) in [6.45, 7) is 3.87. The van der Waals surface area contributed by atoms with Crippen molar-refractivity contribution in [2.45, 2.75) is 52.6 Å². The summed E-state index contributed by atoms with van der Waals surface area (Å²) < 4.78 is 59.1. The van der Waals surface area contributed by atoms with Crippen molar-refractivity contribution in [3.63, 3.8) is 0 Å². The SMILES string of the molecule is CC[C@]1(C(=O)OC)CC[C@@](C)(CNC(=O)c2cc(F)c(OCc3ccc(OC)cc3)c(F)c2F)CC1. The highest BCUT2D eigenvalue weighted by molar-refractivity contribution is 5.94. The van der Waals surface area contributed by atoms with Crippen LogP contribution in [0.5, 0.6) is 11.5 Å². The number of esters is 1. The number of nitrogens with one attached hydrogen (secondary N) is 1. The number of hydrogen-bond donors (Lipinski definition) is 1. The molecule has 0 radical (unpaired) electrons. The molecule has 0 bridgehead atoms. The molecule has 1 aliphatic carbocycles. The zero-order valence-corrected chi connectivity index (χ0v) is 21.0. The minimum Gasteiger partial charge on any atom is -0.497 e. The van der Waals surface area contributed by atoms with E-state index in [1.165, 1.54) is 14.2 Å². The predicted octanol–water partition coefficient (Wildman–Crippen LogP) is 5.57. The van der Waals surface area contributed by atoms with Crippen LogP contribution in [0.2, 0.25) is 0 Å². The fourth-order valence-corrected chi connectivity index (χ4v) is 4.57. The average molecular weight is 508 g/mol. The molecule has 1 saturated carbocycles. The van der Waals surface area contributed by atoms with E-state index in [0.717, 1.165) is 0 Å². The summed E-state index contributed by atoms with van der Waals surface area (Å²) in [5.41, 5.74) is -1.04. The van der Waals surface area contributed by atoms with Gasteiger partial charge in [0, 0.05) is 6.54 Å². The lowest BCUT2D eigenvalue weighted by atomic mass is 9.63. The third kappa shape index (κ3) is 5.77. The summed E-state index contributed by atoms with van der Waals surface area (Å²) in [5, 5.41) is 2.60. The van der Waals surface area contributed by atoms with Crippen LogP contribution in [0, 0.1) is 28.3 Å². The first-order chi connectivity index (χ1) is 17.1. The van der Waals surface area contributed by atoms with Crippen LogP contribution in [-0.4, -0.2) is 32.6 Å². The topological polar surface area (TPSA) is 73.9 Å². The molecule has 1 fully saturated rings. The Morgan fingerprint density at radius 2 is 1.64 bits per heavy atom. The van der Waals surface area contributed by atoms with Gasteiger partial charge in [0.05, 0.1) is 25.2 Å². The van der Waals surface area contributed by atoms with Crippen molar-refractivity contribution in [1.82, 2.24) is 5.32 Å². The van der Waals surface area contributed by atoms with Crippen LogP contribution in [-0.2, 0) is 16.1 Å². The number of hydrogen-bond acceptors (Lipinski definition) is 5. The van der Waals surface area contributed by atoms with Crippen molar-refractivity contribution in [1.29, 1.82) is 0 Å². The molecule has 0 aliphatic heterocycles. The van der Waals surface area contributed by atoms with Gasteiger partial charge in [-0.1, -0.05) is 26.0 Å². The van der Waals surface area contributed by atoms with E-state index in [1.54, 1.807) is 24.3 Å². The van der Waals surface area contributed by atoms with Crippen LogP contribution in [0.1, 0.15) is 61.9 Å². The molecule has 2 aromatic carbocycles. The Balaban J connectivity index is 1.65. The molecule has 36 heavy (non-hydrogen) atoms. The normalized spacial score (nSPS) is 21.5. The number of carbonyl (C=O) groups excluding carboxylic acids is 2. The largest absolute Gasteiger partial charge is 0.497 e. The number of halogens is 3. The molecule has 6 nitrogen and oxygen atoms in total. The standard InChI is InChI=1S/C27H32F3NO5/c1-5-27(25(33)35-4)12-10-26(2,11-13-27)16-31-24(32)19-14-20(28)23(22(30)21(19)29)36-15-17-6-8-18(34-3)9-7-17/h6-9,14H,5,10-13,15-16H2,1-4H3,(H,31,32)/t26-,27+. The maximum Gasteiger partial charge on any atom is 0.311 e. The van der Waals surface area contributed by atoms with Gasteiger partial charge in [-0.25, -0.2) is 8.78 Å². The molecule has 1 N–H and O–H groups in total. The van der Waals surface area contributed by atoms with E-state index in [-0.39, 0.29) is 24.5 Å². The molecule has 0 aromatic heterocycles. The number of carbonyl (C=O) groups is 2. The van der Waals surface area contributed by atoms with E-state index in [2.05, 4.69) is 5.32 Å². The van der Waals surface area contributed by atoms with Crippen LogP contribution in [0.25, 0.3) is 0 Å². The Morgan fingerprint density at radius 1 is 1.00 bits per heavy atom. The van der Waals surface area contributed by atoms with Gasteiger partial charge >= 0.3 is 5.97 Å². The van der Waals surface area contributed by atoms with E-state index in [0.29, 0.717) is 49.5 Å². The van der Waals surface area contributed by atoms with Crippen LogP contribution in [0.15, 0.2) is 30.3 Å². The van der Waals surface area contributed by atoms with Crippen molar-refractivity contribution in [2.24, 2.45) is 10.8 Å². The fourth-order valence-electron chi connectivity index (χ4n) is 4.57.